The van der Waals surface area contributed by atoms with Gasteiger partial charge in [-0.3, -0.25) is 0 Å². The van der Waals surface area contributed by atoms with Crippen LogP contribution in [0.1, 0.15) is 37.8 Å². The Morgan fingerprint density at radius 1 is 0.958 bits per heavy atom. The van der Waals surface area contributed by atoms with E-state index in [9.17, 15) is 4.57 Å². The predicted molar refractivity (Wildman–Crippen MR) is 102 cm³/mol. The molecule has 3 aliphatic carbocycles. The largest absolute Gasteiger partial charge is 0.329 e. The van der Waals surface area contributed by atoms with Crippen molar-refractivity contribution in [2.24, 2.45) is 17.3 Å². The van der Waals surface area contributed by atoms with Crippen LogP contribution in [-0.2, 0) is 9.72 Å². The Labute approximate surface area is 146 Å². The van der Waals surface area contributed by atoms with Crippen LogP contribution in [0.25, 0.3) is 0 Å². The number of hydrogen-bond acceptors (Lipinski definition) is 1. The van der Waals surface area contributed by atoms with Crippen molar-refractivity contribution in [1.82, 2.24) is 0 Å². The third kappa shape index (κ3) is 2.11. The summed E-state index contributed by atoms with van der Waals surface area (Å²) in [6.07, 6.45) is 4.79. The average Bonchev–Trinajstić information content (AvgIpc) is 2.65. The summed E-state index contributed by atoms with van der Waals surface area (Å²) in [4.78, 5) is 0. The lowest BCUT2D eigenvalue weighted by Gasteiger charge is -2.59. The molecule has 5 rings (SSSR count). The Bertz CT molecular complexity index is 737. The summed E-state index contributed by atoms with van der Waals surface area (Å²) in [7, 11) is -1.01. The minimum atomic E-state index is -1.01. The van der Waals surface area contributed by atoms with Crippen molar-refractivity contribution < 1.29 is 4.57 Å². The zero-order valence-electron chi connectivity index (χ0n) is 14.4. The molecule has 0 aromatic heterocycles. The first-order valence-electron chi connectivity index (χ1n) is 8.88. The normalized spacial score (nSPS) is 25.3. The number of rotatable bonds is 4. The molecule has 0 radical (unpaired) electrons. The minimum Gasteiger partial charge on any atom is -0.329 e. The maximum Gasteiger partial charge on any atom is 0.0897 e. The highest BCUT2D eigenvalue weighted by Gasteiger charge is 2.56. The van der Waals surface area contributed by atoms with Gasteiger partial charge in [-0.05, 0) is 46.8 Å². The molecular formula is C22H25OP. The quantitative estimate of drug-likeness (QED) is 0.518. The van der Waals surface area contributed by atoms with Gasteiger partial charge in [-0.1, -0.05) is 80.6 Å². The van der Waals surface area contributed by atoms with Crippen molar-refractivity contribution in [3.8, 4) is 0 Å². The van der Waals surface area contributed by atoms with Crippen LogP contribution in [0.3, 0.4) is 0 Å². The maximum atomic E-state index is 12.9. The fourth-order valence-corrected chi connectivity index (χ4v) is 6.01. The van der Waals surface area contributed by atoms with E-state index >= 15 is 0 Å². The molecule has 0 heterocycles. The van der Waals surface area contributed by atoms with Crippen LogP contribution in [0.15, 0.2) is 72.3 Å². The molecule has 2 heteroatoms. The van der Waals surface area contributed by atoms with E-state index in [1.165, 1.54) is 23.1 Å². The van der Waals surface area contributed by atoms with E-state index < -0.39 is 13.6 Å². The Balaban J connectivity index is 1.95. The highest BCUT2D eigenvalue weighted by molar-refractivity contribution is 7.26. The van der Waals surface area contributed by atoms with Gasteiger partial charge < -0.3 is 4.57 Å². The molecule has 0 amide bonds. The van der Waals surface area contributed by atoms with Crippen molar-refractivity contribution >= 4 is 8.46 Å². The van der Waals surface area contributed by atoms with E-state index in [1.807, 2.05) is 12.1 Å². The Hall–Kier alpha value is -1.59. The number of benzene rings is 2. The standard InChI is InChI=1S/C22H25OP/c1-21(2)18-13-14-19(20(21)15-18)22(24-23,16-9-5-3-6-10-16)17-11-7-4-8-12-17/h3-12,14,18,20H,13,15,24H2,1-2H3. The first kappa shape index (κ1) is 15.9. The van der Waals surface area contributed by atoms with Crippen LogP contribution in [-0.4, -0.2) is 0 Å². The lowest BCUT2D eigenvalue weighted by atomic mass is 9.47. The monoisotopic (exact) mass is 336 g/mol. The van der Waals surface area contributed by atoms with Gasteiger partial charge in [-0.25, -0.2) is 0 Å². The highest BCUT2D eigenvalue weighted by atomic mass is 31.1. The van der Waals surface area contributed by atoms with Crippen molar-refractivity contribution in [3.05, 3.63) is 83.4 Å². The van der Waals surface area contributed by atoms with Crippen LogP contribution in [0.5, 0.6) is 0 Å². The van der Waals surface area contributed by atoms with Gasteiger partial charge in [0.25, 0.3) is 0 Å². The lowest BCUT2D eigenvalue weighted by Crippen LogP contribution is -2.51. The second-order valence-corrected chi connectivity index (χ2v) is 8.96. The van der Waals surface area contributed by atoms with Crippen LogP contribution in [0, 0.1) is 17.3 Å². The van der Waals surface area contributed by atoms with E-state index in [4.69, 9.17) is 0 Å². The summed E-state index contributed by atoms with van der Waals surface area (Å²) < 4.78 is 12.9. The Kier molecular flexibility index (Phi) is 3.81. The molecule has 0 saturated heterocycles. The Morgan fingerprint density at radius 2 is 1.50 bits per heavy atom. The molecule has 1 saturated carbocycles. The molecule has 3 aliphatic rings. The van der Waals surface area contributed by atoms with Gasteiger partial charge in [0.1, 0.15) is 0 Å². The van der Waals surface area contributed by atoms with Crippen molar-refractivity contribution in [3.63, 3.8) is 0 Å². The number of hydrogen-bond donors (Lipinski definition) is 0. The molecule has 0 spiro atoms. The predicted octanol–water partition coefficient (Wildman–Crippen LogP) is 5.68. The fourth-order valence-electron chi connectivity index (χ4n) is 4.90. The molecule has 3 unspecified atom stereocenters. The molecule has 2 aromatic rings. The van der Waals surface area contributed by atoms with Gasteiger partial charge in [0, 0.05) is 0 Å². The fraction of sp³-hybridized carbons (Fsp3) is 0.364. The van der Waals surface area contributed by atoms with E-state index in [1.54, 1.807) is 0 Å². The van der Waals surface area contributed by atoms with Crippen LogP contribution in [0.2, 0.25) is 0 Å². The second kappa shape index (κ2) is 5.74. The second-order valence-electron chi connectivity index (χ2n) is 7.86. The van der Waals surface area contributed by atoms with Gasteiger partial charge in [-0.15, -0.1) is 0 Å². The van der Waals surface area contributed by atoms with E-state index in [0.29, 0.717) is 11.3 Å². The molecule has 3 atom stereocenters. The summed E-state index contributed by atoms with van der Waals surface area (Å²) in [6.45, 7) is 4.78. The van der Waals surface area contributed by atoms with Gasteiger partial charge in [-0.2, -0.15) is 0 Å². The van der Waals surface area contributed by atoms with Crippen molar-refractivity contribution in [2.45, 2.75) is 31.8 Å². The molecule has 0 N–H and O–H groups in total. The molecule has 2 bridgehead atoms. The van der Waals surface area contributed by atoms with Gasteiger partial charge in [0.15, 0.2) is 0 Å². The van der Waals surface area contributed by atoms with Crippen molar-refractivity contribution in [1.29, 1.82) is 0 Å². The summed E-state index contributed by atoms with van der Waals surface area (Å²) >= 11 is 0. The summed E-state index contributed by atoms with van der Waals surface area (Å²) in [5.74, 6) is 1.33. The average molecular weight is 336 g/mol. The lowest BCUT2D eigenvalue weighted by molar-refractivity contribution is -0.0103. The minimum absolute atomic E-state index is 0.327. The zero-order valence-corrected chi connectivity index (χ0v) is 15.6. The number of allylic oxidation sites excluding steroid dienone is 2. The SMILES string of the molecule is CC1(C)C2CC=C(C([PH2]=O)(c3ccccc3)c3ccccc3)C1C2. The maximum absolute atomic E-state index is 12.9. The highest BCUT2D eigenvalue weighted by Crippen LogP contribution is 2.65. The van der Waals surface area contributed by atoms with Gasteiger partial charge >= 0.3 is 0 Å². The third-order valence-corrected chi connectivity index (χ3v) is 7.91. The first-order chi connectivity index (χ1) is 11.6. The van der Waals surface area contributed by atoms with Gasteiger partial charge in [0.05, 0.1) is 13.6 Å². The molecule has 0 aliphatic heterocycles. The van der Waals surface area contributed by atoms with Crippen LogP contribution < -0.4 is 0 Å². The van der Waals surface area contributed by atoms with E-state index in [2.05, 4.69) is 68.5 Å². The van der Waals surface area contributed by atoms with E-state index in [0.717, 1.165) is 12.3 Å². The Morgan fingerprint density at radius 3 is 1.92 bits per heavy atom. The zero-order chi connectivity index (χ0) is 16.8. The summed E-state index contributed by atoms with van der Waals surface area (Å²) in [6, 6.07) is 21.0. The smallest absolute Gasteiger partial charge is 0.0897 e. The molecule has 124 valence electrons. The summed E-state index contributed by atoms with van der Waals surface area (Å²) in [5.41, 5.74) is 4.08. The molecule has 1 fully saturated rings. The first-order valence-corrected chi connectivity index (χ1v) is 9.93. The van der Waals surface area contributed by atoms with Crippen molar-refractivity contribution in [2.75, 3.05) is 0 Å². The van der Waals surface area contributed by atoms with Crippen LogP contribution >= 0.6 is 8.46 Å². The third-order valence-electron chi connectivity index (χ3n) is 6.56. The van der Waals surface area contributed by atoms with Gasteiger partial charge in [0.2, 0.25) is 0 Å². The summed E-state index contributed by atoms with van der Waals surface area (Å²) in [5, 5.41) is -0.449. The molecular weight excluding hydrogens is 311 g/mol. The molecule has 2 aromatic carbocycles. The molecule has 1 nitrogen and oxygen atoms in total. The van der Waals surface area contributed by atoms with Crippen LogP contribution in [0.4, 0.5) is 0 Å². The number of fused-ring (bicyclic) bond motifs is 1. The topological polar surface area (TPSA) is 17.1 Å². The van der Waals surface area contributed by atoms with E-state index in [-0.39, 0.29) is 0 Å². The molecule has 24 heavy (non-hydrogen) atoms.